The van der Waals surface area contributed by atoms with Crippen molar-refractivity contribution in [1.29, 1.82) is 0 Å². The van der Waals surface area contributed by atoms with E-state index in [1.54, 1.807) is 0 Å². The van der Waals surface area contributed by atoms with Crippen LogP contribution >= 0.6 is 12.6 Å². The van der Waals surface area contributed by atoms with E-state index in [0.717, 1.165) is 0 Å². The number of aliphatic carboxylic acids is 1. The number of nitrogens with two attached hydrogens (primary N) is 3. The summed E-state index contributed by atoms with van der Waals surface area (Å²) in [5.41, 5.74) is 16.0. The summed E-state index contributed by atoms with van der Waals surface area (Å²) < 4.78 is 0. The molecule has 0 saturated heterocycles. The standard InChI is InChI=1S/C19H36N8O8S/c1-8(24-17(33)13(20)9(2)29)14(30)26-11(6-28)16(32)25-10(4-3-5-23-19(21)22)15(31)27-12(7-36)18(34)35/h8-13,28-29,36H,3-7,20H2,1-2H3,(H,24,33)(H,25,32)(H,26,30)(H,27,31)(H,34,35)(H4,21,22,23)/t8-,9+,10-,11-,12-,13-/m0/s1. The predicted octanol–water partition coefficient (Wildman–Crippen LogP) is -5.29. The van der Waals surface area contributed by atoms with Gasteiger partial charge in [0.1, 0.15) is 30.2 Å². The van der Waals surface area contributed by atoms with E-state index >= 15 is 0 Å². The van der Waals surface area contributed by atoms with Gasteiger partial charge in [-0.2, -0.15) is 12.6 Å². The van der Waals surface area contributed by atoms with Gasteiger partial charge in [-0.1, -0.05) is 0 Å². The van der Waals surface area contributed by atoms with Gasteiger partial charge in [0.05, 0.1) is 12.7 Å². The summed E-state index contributed by atoms with van der Waals surface area (Å²) in [5.74, 6) is -5.20. The molecule has 0 rings (SSSR count). The van der Waals surface area contributed by atoms with E-state index in [2.05, 4.69) is 38.9 Å². The van der Waals surface area contributed by atoms with E-state index < -0.39 is 72.5 Å². The van der Waals surface area contributed by atoms with E-state index in [1.165, 1.54) is 13.8 Å². The molecule has 0 bridgehead atoms. The monoisotopic (exact) mass is 536 g/mol. The van der Waals surface area contributed by atoms with Gasteiger partial charge in [0.15, 0.2) is 5.96 Å². The Kier molecular flexibility index (Phi) is 15.1. The molecule has 0 unspecified atom stereocenters. The molecule has 13 N–H and O–H groups in total. The molecular formula is C19H36N8O8S. The lowest BCUT2D eigenvalue weighted by Gasteiger charge is -2.24. The van der Waals surface area contributed by atoms with Crippen molar-refractivity contribution in [3.63, 3.8) is 0 Å². The average molecular weight is 537 g/mol. The summed E-state index contributed by atoms with van der Waals surface area (Å²) in [5, 5.41) is 37.2. The predicted molar refractivity (Wildman–Crippen MR) is 132 cm³/mol. The third kappa shape index (κ3) is 12.0. The van der Waals surface area contributed by atoms with E-state index in [0.29, 0.717) is 0 Å². The zero-order valence-corrected chi connectivity index (χ0v) is 20.9. The zero-order chi connectivity index (χ0) is 28.0. The molecule has 0 fully saturated rings. The van der Waals surface area contributed by atoms with Crippen molar-refractivity contribution in [2.24, 2.45) is 22.2 Å². The molecule has 0 aliphatic rings. The summed E-state index contributed by atoms with van der Waals surface area (Å²) in [7, 11) is 0. The van der Waals surface area contributed by atoms with Gasteiger partial charge in [0.25, 0.3) is 0 Å². The van der Waals surface area contributed by atoms with Crippen molar-refractivity contribution in [2.75, 3.05) is 18.9 Å². The van der Waals surface area contributed by atoms with Crippen LogP contribution < -0.4 is 38.5 Å². The number of guanidine groups is 1. The molecule has 0 aromatic heterocycles. The van der Waals surface area contributed by atoms with E-state index in [4.69, 9.17) is 22.3 Å². The highest BCUT2D eigenvalue weighted by atomic mass is 32.1. The van der Waals surface area contributed by atoms with Gasteiger partial charge in [-0.25, -0.2) is 4.79 Å². The molecule has 4 amide bonds. The Bertz CT molecular complexity index is 808. The van der Waals surface area contributed by atoms with Gasteiger partial charge in [0.2, 0.25) is 23.6 Å². The number of rotatable bonds is 16. The first-order valence-corrected chi connectivity index (χ1v) is 11.5. The van der Waals surface area contributed by atoms with Gasteiger partial charge >= 0.3 is 5.97 Å². The third-order valence-corrected chi connectivity index (χ3v) is 5.13. The zero-order valence-electron chi connectivity index (χ0n) is 20.0. The number of hydrogen-bond acceptors (Lipinski definition) is 10. The molecule has 0 spiro atoms. The van der Waals surface area contributed by atoms with Crippen LogP contribution in [0.15, 0.2) is 4.99 Å². The number of amides is 4. The largest absolute Gasteiger partial charge is 0.480 e. The number of hydrogen-bond donors (Lipinski definition) is 11. The minimum atomic E-state index is -1.52. The Morgan fingerprint density at radius 2 is 1.42 bits per heavy atom. The van der Waals surface area contributed by atoms with Gasteiger partial charge in [-0.05, 0) is 26.7 Å². The molecule has 0 aliphatic carbocycles. The maximum atomic E-state index is 12.7. The SMILES string of the molecule is C[C@H](NC(=O)[C@@H](N)[C@@H](C)O)C(=O)N[C@@H](CO)C(=O)N[C@@H](CCCN=C(N)N)C(=O)N[C@@H](CS)C(=O)O. The highest BCUT2D eigenvalue weighted by Crippen LogP contribution is 2.02. The lowest BCUT2D eigenvalue weighted by atomic mass is 10.1. The first kappa shape index (κ1) is 32.9. The van der Waals surface area contributed by atoms with Crippen molar-refractivity contribution < 1.29 is 39.3 Å². The highest BCUT2D eigenvalue weighted by Gasteiger charge is 2.30. The molecule has 0 radical (unpaired) electrons. The first-order valence-electron chi connectivity index (χ1n) is 10.9. The van der Waals surface area contributed by atoms with Crippen LogP contribution in [0.4, 0.5) is 0 Å². The fourth-order valence-corrected chi connectivity index (χ4v) is 2.84. The normalized spacial score (nSPS) is 15.7. The van der Waals surface area contributed by atoms with E-state index in [1.807, 2.05) is 0 Å². The molecule has 36 heavy (non-hydrogen) atoms. The molecule has 0 aromatic rings. The Balaban J connectivity index is 5.33. The van der Waals surface area contributed by atoms with Crippen LogP contribution in [0.5, 0.6) is 0 Å². The van der Waals surface area contributed by atoms with Crippen LogP contribution in [0.2, 0.25) is 0 Å². The molecule has 0 aliphatic heterocycles. The minimum Gasteiger partial charge on any atom is -0.480 e. The topological polar surface area (TPSA) is 285 Å². The quantitative estimate of drug-likeness (QED) is 0.0383. The van der Waals surface area contributed by atoms with Gasteiger partial charge in [0, 0.05) is 12.3 Å². The average Bonchev–Trinajstić information content (AvgIpc) is 2.80. The molecule has 206 valence electrons. The van der Waals surface area contributed by atoms with Crippen LogP contribution in [-0.2, 0) is 24.0 Å². The number of carboxylic acid groups (broad SMARTS) is 1. The van der Waals surface area contributed by atoms with Crippen LogP contribution in [-0.4, -0.2) is 106 Å². The maximum Gasteiger partial charge on any atom is 0.327 e. The first-order chi connectivity index (χ1) is 16.7. The van der Waals surface area contributed by atoms with Crippen molar-refractivity contribution in [1.82, 2.24) is 21.3 Å². The van der Waals surface area contributed by atoms with Gasteiger partial charge in [-0.15, -0.1) is 0 Å². The van der Waals surface area contributed by atoms with Crippen LogP contribution in [0.25, 0.3) is 0 Å². The van der Waals surface area contributed by atoms with Crippen molar-refractivity contribution in [3.8, 4) is 0 Å². The number of carboxylic acids is 1. The maximum absolute atomic E-state index is 12.7. The number of aliphatic imine (C=N–C) groups is 1. The third-order valence-electron chi connectivity index (χ3n) is 4.77. The number of nitrogens with one attached hydrogen (secondary N) is 4. The Morgan fingerprint density at radius 3 is 1.89 bits per heavy atom. The highest BCUT2D eigenvalue weighted by molar-refractivity contribution is 7.80. The fourth-order valence-electron chi connectivity index (χ4n) is 2.59. The molecule has 0 saturated carbocycles. The Hall–Kier alpha value is -3.15. The van der Waals surface area contributed by atoms with E-state index in [9.17, 15) is 34.2 Å². The number of carbonyl (C=O) groups is 5. The second-order valence-corrected chi connectivity index (χ2v) is 8.20. The minimum absolute atomic E-state index is 0.0109. The summed E-state index contributed by atoms with van der Waals surface area (Å²) in [6, 6.07) is -6.59. The van der Waals surface area contributed by atoms with Crippen LogP contribution in [0.3, 0.4) is 0 Å². The number of carbonyl (C=O) groups excluding carboxylic acids is 4. The van der Waals surface area contributed by atoms with Gasteiger partial charge < -0.3 is 53.8 Å². The van der Waals surface area contributed by atoms with Crippen molar-refractivity contribution in [2.45, 2.75) is 63.0 Å². The Labute approximate surface area is 213 Å². The van der Waals surface area contributed by atoms with Gasteiger partial charge in [-0.3, -0.25) is 24.2 Å². The smallest absolute Gasteiger partial charge is 0.327 e. The lowest BCUT2D eigenvalue weighted by molar-refractivity contribution is -0.141. The number of aliphatic hydroxyl groups excluding tert-OH is 2. The number of thiol groups is 1. The van der Waals surface area contributed by atoms with Crippen LogP contribution in [0.1, 0.15) is 26.7 Å². The summed E-state index contributed by atoms with van der Waals surface area (Å²) in [6.45, 7) is 1.84. The van der Waals surface area contributed by atoms with Crippen LogP contribution in [0, 0.1) is 0 Å². The summed E-state index contributed by atoms with van der Waals surface area (Å²) >= 11 is 3.87. The molecule has 16 nitrogen and oxygen atoms in total. The fraction of sp³-hybridized carbons (Fsp3) is 0.684. The summed E-state index contributed by atoms with van der Waals surface area (Å²) in [6.07, 6.45) is -0.963. The number of aliphatic hydroxyl groups is 2. The van der Waals surface area contributed by atoms with Crippen molar-refractivity contribution in [3.05, 3.63) is 0 Å². The Morgan fingerprint density at radius 1 is 0.889 bits per heavy atom. The number of nitrogens with zero attached hydrogens (tertiary/aromatic N) is 1. The molecule has 17 heteroatoms. The van der Waals surface area contributed by atoms with E-state index in [-0.39, 0.29) is 31.1 Å². The molecule has 6 atom stereocenters. The van der Waals surface area contributed by atoms with Crippen molar-refractivity contribution >= 4 is 48.2 Å². The second-order valence-electron chi connectivity index (χ2n) is 7.83. The lowest BCUT2D eigenvalue weighted by Crippen LogP contribution is -2.59. The molecule has 0 aromatic carbocycles. The molecular weight excluding hydrogens is 500 g/mol. The second kappa shape index (κ2) is 16.5. The summed E-state index contributed by atoms with van der Waals surface area (Å²) in [4.78, 5) is 64.6. The molecule has 0 heterocycles.